The van der Waals surface area contributed by atoms with Crippen molar-refractivity contribution in [2.75, 3.05) is 13.1 Å². The third-order valence-corrected chi connectivity index (χ3v) is 3.94. The van der Waals surface area contributed by atoms with E-state index in [1.165, 1.54) is 6.42 Å². The molecule has 1 amide bonds. The fourth-order valence-electron chi connectivity index (χ4n) is 2.67. The maximum absolute atomic E-state index is 12.4. The van der Waals surface area contributed by atoms with Gasteiger partial charge in [0.1, 0.15) is 0 Å². The zero-order chi connectivity index (χ0) is 13.7. The molecule has 20 heavy (non-hydrogen) atoms. The molecule has 4 heteroatoms. The van der Waals surface area contributed by atoms with Crippen molar-refractivity contribution < 1.29 is 4.79 Å². The summed E-state index contributed by atoms with van der Waals surface area (Å²) in [6.07, 6.45) is 4.05. The van der Waals surface area contributed by atoms with E-state index in [0.717, 1.165) is 37.4 Å². The lowest BCUT2D eigenvalue weighted by molar-refractivity contribution is -0.132. The molecule has 1 aliphatic rings. The summed E-state index contributed by atoms with van der Waals surface area (Å²) in [6, 6.07) is 9.60. The molecule has 2 rings (SSSR count). The Balaban J connectivity index is 0.00000200. The average molecular weight is 297 g/mol. The van der Waals surface area contributed by atoms with Gasteiger partial charge in [-0.2, -0.15) is 0 Å². The van der Waals surface area contributed by atoms with Crippen molar-refractivity contribution in [1.29, 1.82) is 0 Å². The number of amides is 1. The van der Waals surface area contributed by atoms with Crippen LogP contribution in [-0.2, 0) is 11.2 Å². The molecule has 0 aliphatic carbocycles. The van der Waals surface area contributed by atoms with Crippen LogP contribution in [0.4, 0.5) is 0 Å². The predicted molar refractivity (Wildman–Crippen MR) is 85.0 cm³/mol. The van der Waals surface area contributed by atoms with Gasteiger partial charge in [-0.3, -0.25) is 4.79 Å². The molecule has 0 bridgehead atoms. The molecule has 1 fully saturated rings. The van der Waals surface area contributed by atoms with Crippen molar-refractivity contribution in [1.82, 2.24) is 4.90 Å². The van der Waals surface area contributed by atoms with Crippen LogP contribution in [0.25, 0.3) is 0 Å². The Morgan fingerprint density at radius 2 is 2.00 bits per heavy atom. The van der Waals surface area contributed by atoms with Crippen LogP contribution in [0.15, 0.2) is 30.3 Å². The second kappa shape index (κ2) is 8.28. The van der Waals surface area contributed by atoms with Crippen molar-refractivity contribution in [2.24, 2.45) is 11.7 Å². The minimum Gasteiger partial charge on any atom is -0.341 e. The molecule has 112 valence electrons. The minimum absolute atomic E-state index is 0. The lowest BCUT2D eigenvalue weighted by Gasteiger charge is -2.24. The van der Waals surface area contributed by atoms with Crippen molar-refractivity contribution >= 4 is 18.3 Å². The van der Waals surface area contributed by atoms with Crippen molar-refractivity contribution in [3.05, 3.63) is 35.9 Å². The standard InChI is InChI=1S/C16H24N2O.ClH/c1-13-6-5-10-18(11-9-13)16(19)15(17)12-14-7-3-2-4-8-14;/h2-4,7-8,13,15H,5-6,9-12,17H2,1H3;1H. The summed E-state index contributed by atoms with van der Waals surface area (Å²) in [5.41, 5.74) is 7.21. The zero-order valence-corrected chi connectivity index (χ0v) is 12.9. The van der Waals surface area contributed by atoms with Gasteiger partial charge in [0.05, 0.1) is 6.04 Å². The fraction of sp³-hybridized carbons (Fsp3) is 0.562. The van der Waals surface area contributed by atoms with E-state index in [0.29, 0.717) is 6.42 Å². The summed E-state index contributed by atoms with van der Waals surface area (Å²) in [5, 5.41) is 0. The predicted octanol–water partition coefficient (Wildman–Crippen LogP) is 2.63. The number of benzene rings is 1. The molecule has 2 N–H and O–H groups in total. The van der Waals surface area contributed by atoms with Crippen LogP contribution >= 0.6 is 12.4 Å². The van der Waals surface area contributed by atoms with Gasteiger partial charge in [-0.05, 0) is 37.2 Å². The second-order valence-electron chi connectivity index (χ2n) is 5.66. The molecule has 0 aromatic heterocycles. The SMILES string of the molecule is CC1CCCN(C(=O)C(N)Cc2ccccc2)CC1.Cl. The third-order valence-electron chi connectivity index (χ3n) is 3.94. The van der Waals surface area contributed by atoms with Crippen LogP contribution in [0, 0.1) is 5.92 Å². The number of carbonyl (C=O) groups excluding carboxylic acids is 1. The molecule has 0 saturated carbocycles. The van der Waals surface area contributed by atoms with Gasteiger partial charge < -0.3 is 10.6 Å². The Labute approximate surface area is 127 Å². The fourth-order valence-corrected chi connectivity index (χ4v) is 2.67. The number of rotatable bonds is 3. The molecule has 0 radical (unpaired) electrons. The first-order chi connectivity index (χ1) is 9.16. The summed E-state index contributed by atoms with van der Waals surface area (Å²) in [6.45, 7) is 3.99. The topological polar surface area (TPSA) is 46.3 Å². The summed E-state index contributed by atoms with van der Waals surface area (Å²) in [5.74, 6) is 0.834. The van der Waals surface area contributed by atoms with Crippen LogP contribution in [-0.4, -0.2) is 29.9 Å². The number of hydrogen-bond acceptors (Lipinski definition) is 2. The zero-order valence-electron chi connectivity index (χ0n) is 12.1. The third kappa shape index (κ3) is 4.80. The lowest BCUT2D eigenvalue weighted by Crippen LogP contribution is -2.45. The highest BCUT2D eigenvalue weighted by Crippen LogP contribution is 2.17. The smallest absolute Gasteiger partial charge is 0.239 e. The Hall–Kier alpha value is -1.06. The van der Waals surface area contributed by atoms with Crippen LogP contribution in [0.2, 0.25) is 0 Å². The summed E-state index contributed by atoms with van der Waals surface area (Å²) < 4.78 is 0. The number of halogens is 1. The van der Waals surface area contributed by atoms with Crippen LogP contribution in [0.5, 0.6) is 0 Å². The monoisotopic (exact) mass is 296 g/mol. The second-order valence-corrected chi connectivity index (χ2v) is 5.66. The summed E-state index contributed by atoms with van der Waals surface area (Å²) >= 11 is 0. The number of likely N-dealkylation sites (tertiary alicyclic amines) is 1. The van der Waals surface area contributed by atoms with E-state index in [4.69, 9.17) is 5.73 Å². The molecule has 2 unspecified atom stereocenters. The maximum Gasteiger partial charge on any atom is 0.239 e. The van der Waals surface area contributed by atoms with Gasteiger partial charge in [0.15, 0.2) is 0 Å². The van der Waals surface area contributed by atoms with Gasteiger partial charge in [-0.15, -0.1) is 12.4 Å². The molecule has 1 aromatic carbocycles. The summed E-state index contributed by atoms with van der Waals surface area (Å²) in [7, 11) is 0. The van der Waals surface area contributed by atoms with Gasteiger partial charge in [-0.25, -0.2) is 0 Å². The van der Waals surface area contributed by atoms with E-state index in [1.807, 2.05) is 35.2 Å². The normalized spacial score (nSPS) is 20.7. The van der Waals surface area contributed by atoms with Crippen LogP contribution in [0.1, 0.15) is 31.7 Å². The first kappa shape index (κ1) is 17.0. The Morgan fingerprint density at radius 1 is 1.30 bits per heavy atom. The quantitative estimate of drug-likeness (QED) is 0.932. The molecule has 0 spiro atoms. The average Bonchev–Trinajstić information content (AvgIpc) is 2.64. The Bertz CT molecular complexity index is 410. The highest BCUT2D eigenvalue weighted by molar-refractivity contribution is 5.85. The van der Waals surface area contributed by atoms with E-state index in [1.54, 1.807) is 0 Å². The first-order valence-corrected chi connectivity index (χ1v) is 7.25. The van der Waals surface area contributed by atoms with Crippen LogP contribution in [0.3, 0.4) is 0 Å². The molecular formula is C16H25ClN2O. The summed E-state index contributed by atoms with van der Waals surface area (Å²) in [4.78, 5) is 14.3. The molecule has 1 aromatic rings. The highest BCUT2D eigenvalue weighted by atomic mass is 35.5. The number of carbonyl (C=O) groups is 1. The number of hydrogen-bond donors (Lipinski definition) is 1. The Morgan fingerprint density at radius 3 is 2.70 bits per heavy atom. The minimum atomic E-state index is -0.407. The highest BCUT2D eigenvalue weighted by Gasteiger charge is 2.23. The molecule has 3 nitrogen and oxygen atoms in total. The van der Waals surface area contributed by atoms with E-state index in [2.05, 4.69) is 6.92 Å². The molecule has 2 atom stereocenters. The van der Waals surface area contributed by atoms with Gasteiger partial charge in [0.25, 0.3) is 0 Å². The van der Waals surface area contributed by atoms with E-state index >= 15 is 0 Å². The van der Waals surface area contributed by atoms with Crippen molar-refractivity contribution in [3.8, 4) is 0 Å². The lowest BCUT2D eigenvalue weighted by atomic mass is 10.0. The Kier molecular flexibility index (Phi) is 7.03. The van der Waals surface area contributed by atoms with Crippen molar-refractivity contribution in [2.45, 2.75) is 38.6 Å². The van der Waals surface area contributed by atoms with Gasteiger partial charge in [-0.1, -0.05) is 37.3 Å². The molecule has 1 saturated heterocycles. The molecule has 1 aliphatic heterocycles. The number of nitrogens with zero attached hydrogens (tertiary/aromatic N) is 1. The van der Waals surface area contributed by atoms with E-state index in [9.17, 15) is 4.79 Å². The largest absolute Gasteiger partial charge is 0.341 e. The number of nitrogens with two attached hydrogens (primary N) is 1. The van der Waals surface area contributed by atoms with Crippen molar-refractivity contribution in [3.63, 3.8) is 0 Å². The van der Waals surface area contributed by atoms with E-state index < -0.39 is 6.04 Å². The maximum atomic E-state index is 12.4. The van der Waals surface area contributed by atoms with Crippen LogP contribution < -0.4 is 5.73 Å². The molecule has 1 heterocycles. The van der Waals surface area contributed by atoms with Gasteiger partial charge >= 0.3 is 0 Å². The first-order valence-electron chi connectivity index (χ1n) is 7.25. The van der Waals surface area contributed by atoms with Gasteiger partial charge in [0.2, 0.25) is 5.91 Å². The van der Waals surface area contributed by atoms with Gasteiger partial charge in [0, 0.05) is 13.1 Å². The molecular weight excluding hydrogens is 272 g/mol. The van der Waals surface area contributed by atoms with E-state index in [-0.39, 0.29) is 18.3 Å².